The van der Waals surface area contributed by atoms with Crippen LogP contribution >= 0.6 is 0 Å². The van der Waals surface area contributed by atoms with Crippen LogP contribution in [0.25, 0.3) is 6.08 Å². The van der Waals surface area contributed by atoms with Gasteiger partial charge in [-0.1, -0.05) is 36.6 Å². The first-order valence-corrected chi connectivity index (χ1v) is 11.5. The molecule has 1 saturated heterocycles. The smallest absolute Gasteiger partial charge is 0.258 e. The highest BCUT2D eigenvalue weighted by molar-refractivity contribution is 6.05. The monoisotopic (exact) mass is 445 g/mol. The van der Waals surface area contributed by atoms with E-state index in [-0.39, 0.29) is 17.0 Å². The van der Waals surface area contributed by atoms with Crippen LogP contribution < -0.4 is 5.32 Å². The summed E-state index contributed by atoms with van der Waals surface area (Å²) in [6.07, 6.45) is 8.22. The van der Waals surface area contributed by atoms with Gasteiger partial charge in [0, 0.05) is 24.7 Å². The first-order valence-electron chi connectivity index (χ1n) is 11.5. The second-order valence-corrected chi connectivity index (χ2v) is 8.89. The largest absolute Gasteiger partial charge is 0.342 e. The lowest BCUT2D eigenvalue weighted by Crippen LogP contribution is -2.39. The minimum Gasteiger partial charge on any atom is -0.342 e. The lowest BCUT2D eigenvalue weighted by molar-refractivity contribution is -0.135. The normalized spacial score (nSPS) is 16.4. The Labute approximate surface area is 193 Å². The van der Waals surface area contributed by atoms with Gasteiger partial charge in [0.1, 0.15) is 5.82 Å². The molecule has 0 unspecified atom stereocenters. The van der Waals surface area contributed by atoms with Crippen LogP contribution in [-0.2, 0) is 4.79 Å². The third kappa shape index (κ3) is 5.14. The molecular formula is C27H28FN3O2. The summed E-state index contributed by atoms with van der Waals surface area (Å²) in [5.41, 5.74) is 3.84. The third-order valence-electron chi connectivity index (χ3n) is 6.75. The number of likely N-dealkylation sites (tertiary alicyclic amines) is 1. The summed E-state index contributed by atoms with van der Waals surface area (Å²) < 4.78 is 14.1. The molecule has 2 aromatic carbocycles. The van der Waals surface area contributed by atoms with Crippen molar-refractivity contribution in [3.05, 3.63) is 70.0 Å². The molecule has 2 fully saturated rings. The van der Waals surface area contributed by atoms with Crippen LogP contribution in [0.1, 0.15) is 65.6 Å². The molecule has 1 aliphatic carbocycles. The molecular weight excluding hydrogens is 417 g/mol. The molecule has 170 valence electrons. The van der Waals surface area contributed by atoms with E-state index in [1.807, 2.05) is 30.0 Å². The van der Waals surface area contributed by atoms with E-state index in [9.17, 15) is 14.0 Å². The molecule has 6 heteroatoms. The molecule has 1 heterocycles. The number of carbonyl (C=O) groups is 2. The van der Waals surface area contributed by atoms with Crippen molar-refractivity contribution in [2.24, 2.45) is 5.92 Å². The molecule has 1 aliphatic heterocycles. The number of carbonyl (C=O) groups excluding carboxylic acids is 2. The van der Waals surface area contributed by atoms with Crippen molar-refractivity contribution in [3.8, 4) is 6.07 Å². The molecule has 0 atom stereocenters. The standard InChI is InChI=1S/C27H28FN3O2/c1-18-22(15-19-11-13-31(14-12-19)27(33)21-5-2-3-6-21)7-4-8-25(18)30-26(32)23-16-20(17-29)9-10-24(23)28/h4,7-10,15-16,21H,2-3,5-6,11-14H2,1H3,(H,30,32). The van der Waals surface area contributed by atoms with Crippen LogP contribution in [0.15, 0.2) is 42.0 Å². The molecule has 5 nitrogen and oxygen atoms in total. The Bertz CT molecular complexity index is 1130. The minimum absolute atomic E-state index is 0.156. The lowest BCUT2D eigenvalue weighted by Gasteiger charge is -2.30. The van der Waals surface area contributed by atoms with E-state index in [2.05, 4.69) is 11.4 Å². The van der Waals surface area contributed by atoms with E-state index < -0.39 is 11.7 Å². The fraction of sp³-hybridized carbons (Fsp3) is 0.370. The lowest BCUT2D eigenvalue weighted by atomic mass is 9.97. The predicted molar refractivity (Wildman–Crippen MR) is 126 cm³/mol. The van der Waals surface area contributed by atoms with E-state index in [1.165, 1.54) is 17.7 Å². The zero-order valence-corrected chi connectivity index (χ0v) is 18.9. The molecule has 4 rings (SSSR count). The van der Waals surface area contributed by atoms with Gasteiger partial charge >= 0.3 is 0 Å². The first-order chi connectivity index (χ1) is 16.0. The topological polar surface area (TPSA) is 73.2 Å². The summed E-state index contributed by atoms with van der Waals surface area (Å²) in [6.45, 7) is 3.43. The van der Waals surface area contributed by atoms with Gasteiger partial charge in [0.15, 0.2) is 0 Å². The highest BCUT2D eigenvalue weighted by Gasteiger charge is 2.28. The maximum Gasteiger partial charge on any atom is 0.258 e. The first kappa shape index (κ1) is 22.7. The molecule has 1 N–H and O–H groups in total. The van der Waals surface area contributed by atoms with Gasteiger partial charge in [-0.05, 0) is 68.0 Å². The summed E-state index contributed by atoms with van der Waals surface area (Å²) in [5.74, 6) is -0.713. The van der Waals surface area contributed by atoms with Gasteiger partial charge in [0.2, 0.25) is 5.91 Å². The van der Waals surface area contributed by atoms with Gasteiger partial charge < -0.3 is 10.2 Å². The Kier molecular flexibility index (Phi) is 6.88. The molecule has 0 spiro atoms. The van der Waals surface area contributed by atoms with Crippen LogP contribution in [-0.4, -0.2) is 29.8 Å². The van der Waals surface area contributed by atoms with Gasteiger partial charge in [0.25, 0.3) is 5.91 Å². The van der Waals surface area contributed by atoms with Crippen molar-refractivity contribution >= 4 is 23.6 Å². The fourth-order valence-electron chi connectivity index (χ4n) is 4.71. The molecule has 0 radical (unpaired) electrons. The van der Waals surface area contributed by atoms with E-state index in [0.29, 0.717) is 11.6 Å². The Morgan fingerprint density at radius 1 is 1.15 bits per heavy atom. The van der Waals surface area contributed by atoms with Crippen LogP contribution in [0, 0.1) is 30.0 Å². The SMILES string of the molecule is Cc1c(C=C2CCN(C(=O)C3CCCC3)CC2)cccc1NC(=O)c1cc(C#N)ccc1F. The summed E-state index contributed by atoms with van der Waals surface area (Å²) in [6, 6.07) is 11.3. The van der Waals surface area contributed by atoms with E-state index in [1.54, 1.807) is 6.07 Å². The molecule has 0 bridgehead atoms. The number of nitrogens with zero attached hydrogens (tertiary/aromatic N) is 2. The van der Waals surface area contributed by atoms with Crippen molar-refractivity contribution in [1.82, 2.24) is 4.90 Å². The zero-order valence-electron chi connectivity index (χ0n) is 18.9. The van der Waals surface area contributed by atoms with E-state index in [0.717, 1.165) is 68.8 Å². The molecule has 2 aliphatic rings. The quantitative estimate of drug-likeness (QED) is 0.680. The van der Waals surface area contributed by atoms with Gasteiger partial charge in [-0.2, -0.15) is 5.26 Å². The summed E-state index contributed by atoms with van der Waals surface area (Å²) in [7, 11) is 0. The van der Waals surface area contributed by atoms with Crippen LogP contribution in [0.2, 0.25) is 0 Å². The number of hydrogen-bond donors (Lipinski definition) is 1. The summed E-state index contributed by atoms with van der Waals surface area (Å²) >= 11 is 0. The number of nitriles is 1. The molecule has 2 amide bonds. The number of rotatable bonds is 4. The Balaban J connectivity index is 1.44. The predicted octanol–water partition coefficient (Wildman–Crippen LogP) is 5.45. The van der Waals surface area contributed by atoms with Gasteiger partial charge in [-0.15, -0.1) is 0 Å². The maximum atomic E-state index is 14.1. The van der Waals surface area contributed by atoms with Crippen LogP contribution in [0.5, 0.6) is 0 Å². The Morgan fingerprint density at radius 3 is 2.58 bits per heavy atom. The van der Waals surface area contributed by atoms with Gasteiger partial charge in [-0.25, -0.2) is 4.39 Å². The zero-order chi connectivity index (χ0) is 23.4. The van der Waals surface area contributed by atoms with Gasteiger partial charge in [-0.3, -0.25) is 9.59 Å². The van der Waals surface area contributed by atoms with Crippen LogP contribution in [0.4, 0.5) is 10.1 Å². The minimum atomic E-state index is -0.665. The second kappa shape index (κ2) is 9.99. The number of halogens is 1. The Hall–Kier alpha value is -3.46. The van der Waals surface area contributed by atoms with E-state index >= 15 is 0 Å². The van der Waals surface area contributed by atoms with Crippen molar-refractivity contribution < 1.29 is 14.0 Å². The van der Waals surface area contributed by atoms with Crippen molar-refractivity contribution in [2.45, 2.75) is 45.4 Å². The number of piperidine rings is 1. The molecule has 1 saturated carbocycles. The number of anilines is 1. The van der Waals surface area contributed by atoms with Crippen molar-refractivity contribution in [2.75, 3.05) is 18.4 Å². The van der Waals surface area contributed by atoms with Crippen LogP contribution in [0.3, 0.4) is 0 Å². The molecule has 33 heavy (non-hydrogen) atoms. The summed E-state index contributed by atoms with van der Waals surface area (Å²) in [4.78, 5) is 27.3. The number of nitrogens with one attached hydrogen (secondary N) is 1. The molecule has 0 aromatic heterocycles. The average Bonchev–Trinajstić information content (AvgIpc) is 3.37. The third-order valence-corrected chi connectivity index (χ3v) is 6.75. The summed E-state index contributed by atoms with van der Waals surface area (Å²) in [5, 5.41) is 11.8. The fourth-order valence-corrected chi connectivity index (χ4v) is 4.71. The number of amides is 2. The second-order valence-electron chi connectivity index (χ2n) is 8.89. The maximum absolute atomic E-state index is 14.1. The number of benzene rings is 2. The highest BCUT2D eigenvalue weighted by atomic mass is 19.1. The average molecular weight is 446 g/mol. The van der Waals surface area contributed by atoms with Gasteiger partial charge in [0.05, 0.1) is 17.2 Å². The molecule has 2 aromatic rings. The Morgan fingerprint density at radius 2 is 1.88 bits per heavy atom. The number of hydrogen-bond acceptors (Lipinski definition) is 3. The van der Waals surface area contributed by atoms with Crippen molar-refractivity contribution in [3.63, 3.8) is 0 Å². The highest BCUT2D eigenvalue weighted by Crippen LogP contribution is 2.30. The van der Waals surface area contributed by atoms with E-state index in [4.69, 9.17) is 5.26 Å². The van der Waals surface area contributed by atoms with Crippen molar-refractivity contribution in [1.29, 1.82) is 5.26 Å².